The van der Waals surface area contributed by atoms with Crippen LogP contribution in [0.1, 0.15) is 39.7 Å². The predicted octanol–water partition coefficient (Wildman–Crippen LogP) is 6.55. The molecule has 0 bridgehead atoms. The first-order valence-electron chi connectivity index (χ1n) is 12.9. The number of ether oxygens (including phenoxy) is 3. The highest BCUT2D eigenvalue weighted by Gasteiger charge is 2.27. The Hall–Kier alpha value is -3.97. The molecule has 2 atom stereocenters. The fraction of sp³-hybridized carbons (Fsp3) is 0.323. The number of esters is 1. The van der Waals surface area contributed by atoms with E-state index < -0.39 is 11.6 Å². The summed E-state index contributed by atoms with van der Waals surface area (Å²) in [5.74, 6) is 0.770. The van der Waals surface area contributed by atoms with Crippen molar-refractivity contribution in [1.82, 2.24) is 9.97 Å². The molecule has 0 radical (unpaired) electrons. The molecule has 196 valence electrons. The zero-order valence-corrected chi connectivity index (χ0v) is 22.1. The third kappa shape index (κ3) is 5.78. The van der Waals surface area contributed by atoms with E-state index in [9.17, 15) is 4.79 Å². The van der Waals surface area contributed by atoms with E-state index in [0.29, 0.717) is 18.0 Å². The fourth-order valence-corrected chi connectivity index (χ4v) is 4.51. The molecule has 1 aliphatic rings. The Morgan fingerprint density at radius 3 is 2.42 bits per heavy atom. The summed E-state index contributed by atoms with van der Waals surface area (Å²) < 4.78 is 23.8. The zero-order valence-electron chi connectivity index (χ0n) is 22.1. The van der Waals surface area contributed by atoms with Crippen molar-refractivity contribution in [2.24, 2.45) is 0 Å². The number of furan rings is 1. The lowest BCUT2D eigenvalue weighted by Gasteiger charge is -2.20. The molecule has 0 fully saturated rings. The maximum atomic E-state index is 12.0. The summed E-state index contributed by atoms with van der Waals surface area (Å²) in [7, 11) is 0. The monoisotopic (exact) mass is 512 g/mol. The highest BCUT2D eigenvalue weighted by molar-refractivity contribution is 6.03. The minimum atomic E-state index is -0.548. The van der Waals surface area contributed by atoms with Crippen molar-refractivity contribution in [3.05, 3.63) is 78.6 Å². The van der Waals surface area contributed by atoms with Crippen molar-refractivity contribution in [2.75, 3.05) is 6.61 Å². The number of benzene rings is 2. The molecule has 0 unspecified atom stereocenters. The molecule has 5 rings (SSSR count). The quantitative estimate of drug-likeness (QED) is 0.195. The summed E-state index contributed by atoms with van der Waals surface area (Å²) in [6, 6.07) is 18.4. The highest BCUT2D eigenvalue weighted by Crippen LogP contribution is 2.43. The molecule has 0 spiro atoms. The fourth-order valence-electron chi connectivity index (χ4n) is 4.51. The molecule has 7 heteroatoms. The molecule has 4 aromatic rings. The maximum absolute atomic E-state index is 12.0. The molecule has 38 heavy (non-hydrogen) atoms. The van der Waals surface area contributed by atoms with Crippen LogP contribution in [0.5, 0.6) is 5.88 Å². The van der Waals surface area contributed by atoms with E-state index in [1.807, 2.05) is 63.3 Å². The molecule has 2 aromatic carbocycles. The van der Waals surface area contributed by atoms with Crippen LogP contribution in [0.15, 0.2) is 77.5 Å². The summed E-state index contributed by atoms with van der Waals surface area (Å²) in [6.07, 6.45) is 6.27. The van der Waals surface area contributed by atoms with Gasteiger partial charge in [-0.2, -0.15) is 0 Å². The van der Waals surface area contributed by atoms with Crippen LogP contribution in [0.2, 0.25) is 0 Å². The van der Waals surface area contributed by atoms with Gasteiger partial charge in [-0.25, -0.2) is 14.8 Å². The van der Waals surface area contributed by atoms with E-state index in [4.69, 9.17) is 18.6 Å². The number of aromatic nitrogens is 2. The van der Waals surface area contributed by atoms with Crippen LogP contribution < -0.4 is 4.74 Å². The van der Waals surface area contributed by atoms with Crippen LogP contribution in [-0.2, 0) is 20.7 Å². The smallest absolute Gasteiger partial charge is 0.332 e. The average Bonchev–Trinajstić information content (AvgIpc) is 3.52. The highest BCUT2D eigenvalue weighted by atomic mass is 16.6. The van der Waals surface area contributed by atoms with E-state index in [1.54, 1.807) is 0 Å². The Labute approximate surface area is 222 Å². The third-order valence-electron chi connectivity index (χ3n) is 6.24. The number of carbonyl (C=O) groups excluding carboxylic acids is 1. The molecule has 0 saturated carbocycles. The molecule has 1 aliphatic carbocycles. The molecular weight excluding hydrogens is 480 g/mol. The lowest BCUT2D eigenvalue weighted by atomic mass is 9.98. The zero-order chi connectivity index (χ0) is 26.7. The van der Waals surface area contributed by atoms with Gasteiger partial charge in [0.1, 0.15) is 35.8 Å². The Bertz CT molecular complexity index is 1440. The van der Waals surface area contributed by atoms with E-state index in [-0.39, 0.29) is 18.8 Å². The van der Waals surface area contributed by atoms with Gasteiger partial charge >= 0.3 is 5.97 Å². The van der Waals surface area contributed by atoms with E-state index >= 15 is 0 Å². The first-order chi connectivity index (χ1) is 18.3. The molecule has 7 nitrogen and oxygen atoms in total. The van der Waals surface area contributed by atoms with Crippen molar-refractivity contribution in [3.63, 3.8) is 0 Å². The number of aryl methyl sites for hydroxylation is 1. The summed E-state index contributed by atoms with van der Waals surface area (Å²) in [5.41, 5.74) is 4.01. The van der Waals surface area contributed by atoms with Crippen LogP contribution in [0.3, 0.4) is 0 Å². The number of hydrogen-bond acceptors (Lipinski definition) is 7. The van der Waals surface area contributed by atoms with Crippen molar-refractivity contribution in [1.29, 1.82) is 0 Å². The second-order valence-electron chi connectivity index (χ2n) is 10.3. The molecular formula is C31H32N2O5. The standard InChI is InChI=1S/C31H32N2O5/c1-5-20-11-13-21(14-12-20)26-27-29(32-19-33-30(27)37-28(26)22-9-7-6-8-10-22)36-24-16-15-23(17-24)35-18-25(34)38-31(2,3)4/h6-16,19,23-24H,5,17-18H2,1-4H3/t23-,24+/m0/s1. The van der Waals surface area contributed by atoms with Gasteiger partial charge in [0.2, 0.25) is 11.6 Å². The first kappa shape index (κ1) is 25.7. The number of hydrogen-bond donors (Lipinski definition) is 0. The molecule has 0 amide bonds. The van der Waals surface area contributed by atoms with Crippen molar-refractivity contribution in [2.45, 2.75) is 58.3 Å². The van der Waals surface area contributed by atoms with Gasteiger partial charge < -0.3 is 18.6 Å². The molecule has 2 aromatic heterocycles. The second-order valence-corrected chi connectivity index (χ2v) is 10.3. The molecule has 0 aliphatic heterocycles. The van der Waals surface area contributed by atoms with Crippen LogP contribution in [0, 0.1) is 0 Å². The number of carbonyl (C=O) groups is 1. The van der Waals surface area contributed by atoms with Gasteiger partial charge in [-0.3, -0.25) is 0 Å². The number of fused-ring (bicyclic) bond motifs is 1. The van der Waals surface area contributed by atoms with Gasteiger partial charge in [-0.05, 0) is 44.4 Å². The Balaban J connectivity index is 1.42. The van der Waals surface area contributed by atoms with Gasteiger partial charge in [-0.15, -0.1) is 0 Å². The number of rotatable bonds is 8. The van der Waals surface area contributed by atoms with E-state index in [2.05, 4.69) is 41.2 Å². The Morgan fingerprint density at radius 2 is 1.71 bits per heavy atom. The average molecular weight is 513 g/mol. The van der Waals surface area contributed by atoms with Crippen molar-refractivity contribution < 1.29 is 23.4 Å². The second kappa shape index (κ2) is 10.8. The Morgan fingerprint density at radius 1 is 0.974 bits per heavy atom. The molecule has 0 N–H and O–H groups in total. The normalized spacial score (nSPS) is 17.2. The summed E-state index contributed by atoms with van der Waals surface area (Å²) in [6.45, 7) is 7.52. The van der Waals surface area contributed by atoms with Gasteiger partial charge in [0.25, 0.3) is 0 Å². The van der Waals surface area contributed by atoms with Gasteiger partial charge in [-0.1, -0.05) is 67.6 Å². The summed E-state index contributed by atoms with van der Waals surface area (Å²) >= 11 is 0. The van der Waals surface area contributed by atoms with Crippen LogP contribution in [0.4, 0.5) is 0 Å². The van der Waals surface area contributed by atoms with Gasteiger partial charge in [0, 0.05) is 17.5 Å². The minimum Gasteiger partial charge on any atom is -0.469 e. The van der Waals surface area contributed by atoms with Gasteiger partial charge in [0.05, 0.1) is 6.10 Å². The molecule has 2 heterocycles. The van der Waals surface area contributed by atoms with Gasteiger partial charge in [0.15, 0.2) is 0 Å². The van der Waals surface area contributed by atoms with Crippen LogP contribution >= 0.6 is 0 Å². The first-order valence-corrected chi connectivity index (χ1v) is 12.9. The summed E-state index contributed by atoms with van der Waals surface area (Å²) in [5, 5.41) is 0.724. The lowest BCUT2D eigenvalue weighted by Crippen LogP contribution is -2.28. The van der Waals surface area contributed by atoms with Crippen LogP contribution in [0.25, 0.3) is 33.6 Å². The maximum Gasteiger partial charge on any atom is 0.332 e. The van der Waals surface area contributed by atoms with Crippen molar-refractivity contribution >= 4 is 17.1 Å². The topological polar surface area (TPSA) is 83.7 Å². The van der Waals surface area contributed by atoms with Crippen LogP contribution in [-0.4, -0.2) is 40.4 Å². The third-order valence-corrected chi connectivity index (χ3v) is 6.24. The van der Waals surface area contributed by atoms with E-state index in [1.165, 1.54) is 11.9 Å². The minimum absolute atomic E-state index is 0.114. The predicted molar refractivity (Wildman–Crippen MR) is 146 cm³/mol. The Kier molecular flexibility index (Phi) is 7.29. The molecule has 0 saturated heterocycles. The summed E-state index contributed by atoms with van der Waals surface area (Å²) in [4.78, 5) is 21.0. The SMILES string of the molecule is CCc1ccc(-c2c(-c3ccccc3)oc3ncnc(O[C@@H]4C=C[C@H](OCC(=O)OC(C)(C)C)C4)c23)cc1. The lowest BCUT2D eigenvalue weighted by molar-refractivity contribution is -0.161. The largest absolute Gasteiger partial charge is 0.469 e. The van der Waals surface area contributed by atoms with Crippen molar-refractivity contribution in [3.8, 4) is 28.3 Å². The van der Waals surface area contributed by atoms with E-state index in [0.717, 1.165) is 34.3 Å². The number of nitrogens with zero attached hydrogens (tertiary/aromatic N) is 2.